The van der Waals surface area contributed by atoms with Gasteiger partial charge in [0.15, 0.2) is 0 Å². The molecule has 118 valence electrons. The molecular formula is C20H17N3O. The molecule has 3 aromatic rings. The van der Waals surface area contributed by atoms with Crippen molar-refractivity contribution in [2.45, 2.75) is 12.8 Å². The first-order valence-electron chi connectivity index (χ1n) is 8.14. The van der Waals surface area contributed by atoms with Crippen LogP contribution in [0.5, 0.6) is 5.75 Å². The lowest BCUT2D eigenvalue weighted by Crippen LogP contribution is -2.17. The second-order valence-electron chi connectivity index (χ2n) is 6.11. The van der Waals surface area contributed by atoms with Gasteiger partial charge in [-0.2, -0.15) is 5.26 Å². The number of fused-ring (bicyclic) bond motifs is 1. The molecule has 0 spiro atoms. The maximum absolute atomic E-state index is 9.58. The smallest absolute Gasteiger partial charge is 0.115 e. The van der Waals surface area contributed by atoms with Crippen LogP contribution in [0.2, 0.25) is 0 Å². The molecule has 24 heavy (non-hydrogen) atoms. The summed E-state index contributed by atoms with van der Waals surface area (Å²) in [7, 11) is 0. The van der Waals surface area contributed by atoms with E-state index < -0.39 is 0 Å². The minimum atomic E-state index is 0.218. The summed E-state index contributed by atoms with van der Waals surface area (Å²) < 4.78 is 0. The van der Waals surface area contributed by atoms with Gasteiger partial charge in [0, 0.05) is 29.7 Å². The lowest BCUT2D eigenvalue weighted by Gasteiger charge is -2.18. The first-order valence-corrected chi connectivity index (χ1v) is 8.14. The molecule has 0 aliphatic carbocycles. The number of phenols is 1. The summed E-state index contributed by atoms with van der Waals surface area (Å²) >= 11 is 0. The van der Waals surface area contributed by atoms with Crippen LogP contribution in [0.3, 0.4) is 0 Å². The average molecular weight is 315 g/mol. The monoisotopic (exact) mass is 315 g/mol. The fourth-order valence-corrected chi connectivity index (χ4v) is 3.26. The third kappa shape index (κ3) is 2.55. The van der Waals surface area contributed by atoms with Crippen molar-refractivity contribution in [1.29, 1.82) is 5.26 Å². The van der Waals surface area contributed by atoms with Crippen molar-refractivity contribution in [2.24, 2.45) is 0 Å². The Balaban J connectivity index is 1.83. The van der Waals surface area contributed by atoms with Crippen molar-refractivity contribution < 1.29 is 5.11 Å². The zero-order valence-corrected chi connectivity index (χ0v) is 13.2. The number of rotatable bonds is 2. The maximum atomic E-state index is 9.58. The van der Waals surface area contributed by atoms with Gasteiger partial charge >= 0.3 is 0 Å². The van der Waals surface area contributed by atoms with Gasteiger partial charge < -0.3 is 10.0 Å². The van der Waals surface area contributed by atoms with E-state index in [0.29, 0.717) is 5.56 Å². The lowest BCUT2D eigenvalue weighted by atomic mass is 10.0. The molecule has 1 aromatic heterocycles. The lowest BCUT2D eigenvalue weighted by molar-refractivity contribution is 0.475. The Morgan fingerprint density at radius 1 is 1.00 bits per heavy atom. The van der Waals surface area contributed by atoms with Gasteiger partial charge in [0.1, 0.15) is 5.75 Å². The molecule has 0 bridgehead atoms. The predicted molar refractivity (Wildman–Crippen MR) is 95.0 cm³/mol. The van der Waals surface area contributed by atoms with E-state index in [-0.39, 0.29) is 5.75 Å². The molecule has 0 amide bonds. The number of anilines is 1. The quantitative estimate of drug-likeness (QED) is 0.774. The van der Waals surface area contributed by atoms with Crippen LogP contribution in [0.25, 0.3) is 22.2 Å². The van der Waals surface area contributed by atoms with E-state index in [0.717, 1.165) is 40.9 Å². The summed E-state index contributed by atoms with van der Waals surface area (Å²) in [5.74, 6) is 0.218. The zero-order valence-electron chi connectivity index (χ0n) is 13.2. The van der Waals surface area contributed by atoms with Crippen LogP contribution in [0.4, 0.5) is 5.69 Å². The molecule has 1 aliphatic rings. The van der Waals surface area contributed by atoms with Gasteiger partial charge in [-0.25, -0.2) is 4.98 Å². The molecule has 0 radical (unpaired) electrons. The molecule has 4 nitrogen and oxygen atoms in total. The number of nitriles is 1. The number of hydrogen-bond acceptors (Lipinski definition) is 4. The Bertz CT molecular complexity index is 935. The van der Waals surface area contributed by atoms with Crippen molar-refractivity contribution in [3.05, 3.63) is 54.1 Å². The predicted octanol–water partition coefficient (Wildman–Crippen LogP) is 4.08. The van der Waals surface area contributed by atoms with Gasteiger partial charge in [0.25, 0.3) is 0 Å². The number of benzene rings is 2. The normalized spacial score (nSPS) is 14.0. The Morgan fingerprint density at radius 2 is 1.75 bits per heavy atom. The summed E-state index contributed by atoms with van der Waals surface area (Å²) in [5.41, 5.74) is 4.24. The number of aromatic hydroxyl groups is 1. The summed E-state index contributed by atoms with van der Waals surface area (Å²) in [6.07, 6.45) is 2.45. The molecule has 0 unspecified atom stereocenters. The fourth-order valence-electron chi connectivity index (χ4n) is 3.26. The highest BCUT2D eigenvalue weighted by Crippen LogP contribution is 2.29. The highest BCUT2D eigenvalue weighted by molar-refractivity contribution is 5.90. The average Bonchev–Trinajstić information content (AvgIpc) is 3.15. The van der Waals surface area contributed by atoms with Crippen LogP contribution >= 0.6 is 0 Å². The number of hydrogen-bond donors (Lipinski definition) is 1. The Hall–Kier alpha value is -3.06. The van der Waals surface area contributed by atoms with Crippen molar-refractivity contribution in [3.8, 4) is 23.1 Å². The van der Waals surface area contributed by atoms with Gasteiger partial charge in [0.2, 0.25) is 0 Å². The van der Waals surface area contributed by atoms with Crippen LogP contribution in [0, 0.1) is 11.3 Å². The van der Waals surface area contributed by atoms with E-state index >= 15 is 0 Å². The van der Waals surface area contributed by atoms with E-state index in [4.69, 9.17) is 4.98 Å². The third-order valence-electron chi connectivity index (χ3n) is 4.55. The third-order valence-corrected chi connectivity index (χ3v) is 4.55. The van der Waals surface area contributed by atoms with Gasteiger partial charge in [-0.15, -0.1) is 0 Å². The Labute approximate surface area is 140 Å². The van der Waals surface area contributed by atoms with Crippen LogP contribution < -0.4 is 4.90 Å². The van der Waals surface area contributed by atoms with E-state index in [1.54, 1.807) is 12.1 Å². The Kier molecular flexibility index (Phi) is 3.55. The molecule has 1 fully saturated rings. The molecule has 4 rings (SSSR count). The van der Waals surface area contributed by atoms with E-state index in [9.17, 15) is 10.4 Å². The number of pyridine rings is 1. The molecule has 2 aromatic carbocycles. The highest BCUT2D eigenvalue weighted by atomic mass is 16.3. The minimum absolute atomic E-state index is 0.218. The largest absolute Gasteiger partial charge is 0.508 e. The summed E-state index contributed by atoms with van der Waals surface area (Å²) in [4.78, 5) is 7.06. The number of aromatic nitrogens is 1. The zero-order chi connectivity index (χ0) is 16.5. The summed E-state index contributed by atoms with van der Waals surface area (Å²) in [6, 6.07) is 17.2. The van der Waals surface area contributed by atoms with Crippen LogP contribution in [0.1, 0.15) is 18.4 Å². The molecule has 1 aliphatic heterocycles. The first kappa shape index (κ1) is 14.5. The number of phenolic OH excluding ortho intramolecular Hbond substituents is 1. The van der Waals surface area contributed by atoms with Crippen molar-refractivity contribution in [3.63, 3.8) is 0 Å². The van der Waals surface area contributed by atoms with Crippen molar-refractivity contribution >= 4 is 16.6 Å². The summed E-state index contributed by atoms with van der Waals surface area (Å²) in [5, 5.41) is 19.9. The van der Waals surface area contributed by atoms with Crippen LogP contribution in [0.15, 0.2) is 48.5 Å². The Morgan fingerprint density at radius 3 is 2.46 bits per heavy atom. The second kappa shape index (κ2) is 5.86. The molecule has 0 atom stereocenters. The number of nitrogens with zero attached hydrogens (tertiary/aromatic N) is 3. The van der Waals surface area contributed by atoms with E-state index in [1.165, 1.54) is 12.8 Å². The van der Waals surface area contributed by atoms with Crippen LogP contribution in [-0.4, -0.2) is 23.2 Å². The SMILES string of the molecule is N#Cc1cc(-c2ccc(O)cc2)nc2ccc(N3CCCC3)cc12. The molecule has 2 heterocycles. The molecular weight excluding hydrogens is 298 g/mol. The van der Waals surface area contributed by atoms with Crippen LogP contribution in [-0.2, 0) is 0 Å². The molecule has 0 saturated carbocycles. The van der Waals surface area contributed by atoms with E-state index in [2.05, 4.69) is 23.1 Å². The fraction of sp³-hybridized carbons (Fsp3) is 0.200. The van der Waals surface area contributed by atoms with Gasteiger partial charge in [0.05, 0.1) is 22.8 Å². The van der Waals surface area contributed by atoms with Gasteiger partial charge in [-0.05, 0) is 61.4 Å². The molecule has 1 N–H and O–H groups in total. The molecule has 4 heteroatoms. The molecule has 1 saturated heterocycles. The standard InChI is InChI=1S/C20H17N3O/c21-13-15-11-20(14-3-6-17(24)7-4-14)22-19-8-5-16(12-18(15)19)23-9-1-2-10-23/h3-8,11-12,24H,1-2,9-10H2. The van der Waals surface area contributed by atoms with Crippen molar-refractivity contribution in [1.82, 2.24) is 4.98 Å². The first-order chi connectivity index (χ1) is 11.7. The van der Waals surface area contributed by atoms with Gasteiger partial charge in [-0.1, -0.05) is 0 Å². The summed E-state index contributed by atoms with van der Waals surface area (Å²) in [6.45, 7) is 2.15. The maximum Gasteiger partial charge on any atom is 0.115 e. The van der Waals surface area contributed by atoms with Crippen molar-refractivity contribution in [2.75, 3.05) is 18.0 Å². The second-order valence-corrected chi connectivity index (χ2v) is 6.11. The minimum Gasteiger partial charge on any atom is -0.508 e. The van der Waals surface area contributed by atoms with E-state index in [1.807, 2.05) is 24.3 Å². The van der Waals surface area contributed by atoms with Gasteiger partial charge in [-0.3, -0.25) is 0 Å². The highest BCUT2D eigenvalue weighted by Gasteiger charge is 2.14. The topological polar surface area (TPSA) is 60.1 Å².